The van der Waals surface area contributed by atoms with Crippen molar-refractivity contribution in [3.05, 3.63) is 54.1 Å². The van der Waals surface area contributed by atoms with Crippen LogP contribution in [0.25, 0.3) is 0 Å². The molecule has 0 radical (unpaired) electrons. The van der Waals surface area contributed by atoms with Crippen LogP contribution in [0.4, 0.5) is 5.69 Å². The predicted octanol–water partition coefficient (Wildman–Crippen LogP) is 4.62. The molecule has 3 rings (SSSR count). The highest BCUT2D eigenvalue weighted by Crippen LogP contribution is 2.31. The van der Waals surface area contributed by atoms with E-state index < -0.39 is 17.8 Å². The van der Waals surface area contributed by atoms with Crippen LogP contribution in [0.1, 0.15) is 31.2 Å². The van der Waals surface area contributed by atoms with Gasteiger partial charge in [0.15, 0.2) is 0 Å². The first-order chi connectivity index (χ1) is 12.5. The summed E-state index contributed by atoms with van der Waals surface area (Å²) in [5.41, 5.74) is 1.76. The zero-order valence-electron chi connectivity index (χ0n) is 14.8. The summed E-state index contributed by atoms with van der Waals surface area (Å²) in [6.45, 7) is 2.00. The minimum Gasteiger partial charge on any atom is -0.481 e. The van der Waals surface area contributed by atoms with Gasteiger partial charge in [-0.1, -0.05) is 25.0 Å². The van der Waals surface area contributed by atoms with Crippen molar-refractivity contribution in [3.8, 4) is 11.5 Å². The Bertz CT molecular complexity index is 785. The zero-order valence-corrected chi connectivity index (χ0v) is 14.8. The van der Waals surface area contributed by atoms with Gasteiger partial charge in [-0.05, 0) is 61.7 Å². The van der Waals surface area contributed by atoms with Gasteiger partial charge in [0.1, 0.15) is 11.5 Å². The van der Waals surface area contributed by atoms with Crippen molar-refractivity contribution in [2.24, 2.45) is 11.8 Å². The van der Waals surface area contributed by atoms with Crippen molar-refractivity contribution < 1.29 is 19.4 Å². The summed E-state index contributed by atoms with van der Waals surface area (Å²) in [7, 11) is 0. The molecule has 0 aliphatic heterocycles. The summed E-state index contributed by atoms with van der Waals surface area (Å²) in [5, 5.41) is 12.2. The summed E-state index contributed by atoms with van der Waals surface area (Å²) in [6.07, 6.45) is 2.95. The number of hydrogen-bond donors (Lipinski definition) is 2. The summed E-state index contributed by atoms with van der Waals surface area (Å²) in [6, 6.07) is 14.9. The van der Waals surface area contributed by atoms with E-state index in [1.165, 1.54) is 0 Å². The van der Waals surface area contributed by atoms with Crippen LogP contribution in [0.3, 0.4) is 0 Å². The number of carboxylic acids is 1. The third kappa shape index (κ3) is 4.42. The Morgan fingerprint density at radius 3 is 2.35 bits per heavy atom. The van der Waals surface area contributed by atoms with Gasteiger partial charge < -0.3 is 15.2 Å². The molecule has 1 fully saturated rings. The Hall–Kier alpha value is -2.82. The van der Waals surface area contributed by atoms with Gasteiger partial charge in [0.05, 0.1) is 11.8 Å². The average molecular weight is 353 g/mol. The lowest BCUT2D eigenvalue weighted by molar-refractivity contribution is -0.147. The molecular weight excluding hydrogens is 330 g/mol. The quantitative estimate of drug-likeness (QED) is 0.822. The molecule has 1 aliphatic rings. The van der Waals surface area contributed by atoms with E-state index in [9.17, 15) is 14.7 Å². The molecule has 1 aliphatic carbocycles. The van der Waals surface area contributed by atoms with Crippen LogP contribution >= 0.6 is 0 Å². The largest absolute Gasteiger partial charge is 0.481 e. The van der Waals surface area contributed by atoms with Crippen LogP contribution < -0.4 is 10.1 Å². The number of carbonyl (C=O) groups is 2. The van der Waals surface area contributed by atoms with Crippen LogP contribution in [0.15, 0.2) is 48.5 Å². The van der Waals surface area contributed by atoms with Crippen LogP contribution in [0.5, 0.6) is 11.5 Å². The first kappa shape index (κ1) is 18.0. The van der Waals surface area contributed by atoms with Crippen molar-refractivity contribution in [2.75, 3.05) is 5.32 Å². The molecule has 0 saturated heterocycles. The van der Waals surface area contributed by atoms with Crippen molar-refractivity contribution in [1.29, 1.82) is 0 Å². The molecule has 26 heavy (non-hydrogen) atoms. The number of anilines is 1. The molecule has 0 unspecified atom stereocenters. The number of nitrogens with one attached hydrogen (secondary N) is 1. The fourth-order valence-electron chi connectivity index (χ4n) is 3.40. The normalized spacial score (nSPS) is 19.6. The van der Waals surface area contributed by atoms with E-state index >= 15 is 0 Å². The summed E-state index contributed by atoms with van der Waals surface area (Å²) in [4.78, 5) is 23.9. The average Bonchev–Trinajstić information content (AvgIpc) is 2.63. The second-order valence-electron chi connectivity index (χ2n) is 6.77. The van der Waals surface area contributed by atoms with E-state index in [0.29, 0.717) is 24.3 Å². The second kappa shape index (κ2) is 8.04. The Kier molecular flexibility index (Phi) is 5.56. The number of carboxylic acid groups (broad SMARTS) is 1. The van der Waals surface area contributed by atoms with E-state index in [2.05, 4.69) is 5.32 Å². The maximum absolute atomic E-state index is 12.5. The van der Waals surface area contributed by atoms with Crippen LogP contribution in [0.2, 0.25) is 0 Å². The van der Waals surface area contributed by atoms with Gasteiger partial charge in [-0.3, -0.25) is 9.59 Å². The molecule has 0 aromatic heterocycles. The summed E-state index contributed by atoms with van der Waals surface area (Å²) < 4.78 is 5.79. The number of amides is 1. The lowest BCUT2D eigenvalue weighted by atomic mass is 9.78. The second-order valence-corrected chi connectivity index (χ2v) is 6.77. The smallest absolute Gasteiger partial charge is 0.307 e. The Morgan fingerprint density at radius 1 is 1.00 bits per heavy atom. The maximum atomic E-state index is 12.5. The predicted molar refractivity (Wildman–Crippen MR) is 99.4 cm³/mol. The van der Waals surface area contributed by atoms with Crippen molar-refractivity contribution in [1.82, 2.24) is 0 Å². The maximum Gasteiger partial charge on any atom is 0.307 e. The van der Waals surface area contributed by atoms with Gasteiger partial charge in [0, 0.05) is 5.69 Å². The number of rotatable bonds is 5. The first-order valence-corrected chi connectivity index (χ1v) is 8.91. The van der Waals surface area contributed by atoms with Gasteiger partial charge in [0.25, 0.3) is 0 Å². The van der Waals surface area contributed by atoms with E-state index in [-0.39, 0.29) is 5.91 Å². The van der Waals surface area contributed by atoms with Crippen LogP contribution in [-0.4, -0.2) is 17.0 Å². The minimum absolute atomic E-state index is 0.218. The van der Waals surface area contributed by atoms with Gasteiger partial charge in [-0.25, -0.2) is 0 Å². The van der Waals surface area contributed by atoms with E-state index in [0.717, 1.165) is 24.2 Å². The van der Waals surface area contributed by atoms with E-state index in [1.54, 1.807) is 24.3 Å². The highest BCUT2D eigenvalue weighted by atomic mass is 16.5. The van der Waals surface area contributed by atoms with Gasteiger partial charge in [-0.15, -0.1) is 0 Å². The molecule has 1 amide bonds. The number of hydrogen-bond acceptors (Lipinski definition) is 3. The molecule has 2 atom stereocenters. The minimum atomic E-state index is -0.883. The third-order valence-electron chi connectivity index (χ3n) is 4.77. The molecule has 136 valence electrons. The third-order valence-corrected chi connectivity index (χ3v) is 4.77. The number of ether oxygens (including phenoxy) is 1. The number of benzene rings is 2. The SMILES string of the molecule is Cc1cccc(Oc2ccc(NC(=O)[C@@H]3CCCC[C@@H]3C(=O)O)cc2)c1. The fraction of sp³-hybridized carbons (Fsp3) is 0.333. The van der Waals surface area contributed by atoms with Crippen LogP contribution in [-0.2, 0) is 9.59 Å². The monoisotopic (exact) mass is 353 g/mol. The Morgan fingerprint density at radius 2 is 1.69 bits per heavy atom. The van der Waals surface area contributed by atoms with E-state index in [1.807, 2.05) is 31.2 Å². The standard InChI is InChI=1S/C21H23NO4/c1-14-5-4-6-17(13-14)26-16-11-9-15(10-12-16)22-20(23)18-7-2-3-8-19(18)21(24)25/h4-6,9-13,18-19H,2-3,7-8H2,1H3,(H,22,23)(H,24,25)/t18-,19+/m1/s1. The Balaban J connectivity index is 1.63. The van der Waals surface area contributed by atoms with Gasteiger partial charge >= 0.3 is 5.97 Å². The molecule has 0 heterocycles. The van der Waals surface area contributed by atoms with E-state index in [4.69, 9.17) is 4.74 Å². The molecule has 5 heteroatoms. The number of aryl methyl sites for hydroxylation is 1. The van der Waals surface area contributed by atoms with Crippen molar-refractivity contribution >= 4 is 17.6 Å². The highest BCUT2D eigenvalue weighted by Gasteiger charge is 2.35. The van der Waals surface area contributed by atoms with Crippen LogP contribution in [0, 0.1) is 18.8 Å². The molecule has 2 N–H and O–H groups in total. The zero-order chi connectivity index (χ0) is 18.5. The fourth-order valence-corrected chi connectivity index (χ4v) is 3.40. The molecular formula is C21H23NO4. The lowest BCUT2D eigenvalue weighted by Gasteiger charge is -2.27. The van der Waals surface area contributed by atoms with Gasteiger partial charge in [0.2, 0.25) is 5.91 Å². The molecule has 1 saturated carbocycles. The molecule has 2 aromatic rings. The topological polar surface area (TPSA) is 75.6 Å². The summed E-state index contributed by atoms with van der Waals surface area (Å²) >= 11 is 0. The number of aliphatic carboxylic acids is 1. The van der Waals surface area contributed by atoms with Gasteiger partial charge in [-0.2, -0.15) is 0 Å². The lowest BCUT2D eigenvalue weighted by Crippen LogP contribution is -2.36. The van der Waals surface area contributed by atoms with Crippen molar-refractivity contribution in [3.63, 3.8) is 0 Å². The summed E-state index contributed by atoms with van der Waals surface area (Å²) in [5.74, 6) is -0.726. The van der Waals surface area contributed by atoms with Crippen molar-refractivity contribution in [2.45, 2.75) is 32.6 Å². The molecule has 5 nitrogen and oxygen atoms in total. The molecule has 0 bridgehead atoms. The Labute approximate surface area is 153 Å². The highest BCUT2D eigenvalue weighted by molar-refractivity contribution is 5.95. The first-order valence-electron chi connectivity index (χ1n) is 8.91. The molecule has 2 aromatic carbocycles. The molecule has 0 spiro atoms. The number of carbonyl (C=O) groups excluding carboxylic acids is 1.